The molecule has 0 saturated carbocycles. The van der Waals surface area contributed by atoms with Gasteiger partial charge in [-0.3, -0.25) is 4.79 Å². The number of carbonyl (C=O) groups excluding carboxylic acids is 1. The molecule has 2 N–H and O–H groups in total. The minimum atomic E-state index is -1.03. The highest BCUT2D eigenvalue weighted by Crippen LogP contribution is 2.26. The summed E-state index contributed by atoms with van der Waals surface area (Å²) in [5.74, 6) is -0.623. The van der Waals surface area contributed by atoms with Crippen molar-refractivity contribution in [1.29, 1.82) is 0 Å². The Hall–Kier alpha value is -2.82. The molecule has 1 aliphatic carbocycles. The first-order chi connectivity index (χ1) is 11.9. The summed E-state index contributed by atoms with van der Waals surface area (Å²) >= 11 is 0. The summed E-state index contributed by atoms with van der Waals surface area (Å²) in [6, 6.07) is 11.8. The number of amides is 1. The molecule has 0 heterocycles. The SMILES string of the molecule is Cc1cc(C(=O)NC2Cc3ccccc3C2)cc(C)c1OCC(=O)O. The second-order valence-electron chi connectivity index (χ2n) is 6.47. The number of benzene rings is 2. The van der Waals surface area contributed by atoms with Gasteiger partial charge in [0.1, 0.15) is 5.75 Å². The maximum absolute atomic E-state index is 12.6. The number of hydrogen-bond donors (Lipinski definition) is 2. The van der Waals surface area contributed by atoms with E-state index in [4.69, 9.17) is 9.84 Å². The van der Waals surface area contributed by atoms with Crippen molar-refractivity contribution in [2.24, 2.45) is 0 Å². The van der Waals surface area contributed by atoms with Crippen LogP contribution >= 0.6 is 0 Å². The van der Waals surface area contributed by atoms with Gasteiger partial charge in [-0.2, -0.15) is 0 Å². The molecule has 3 rings (SSSR count). The second-order valence-corrected chi connectivity index (χ2v) is 6.47. The van der Waals surface area contributed by atoms with Crippen LogP contribution in [-0.4, -0.2) is 29.6 Å². The van der Waals surface area contributed by atoms with Gasteiger partial charge in [-0.25, -0.2) is 4.79 Å². The second kappa shape index (κ2) is 6.97. The zero-order valence-corrected chi connectivity index (χ0v) is 14.3. The van der Waals surface area contributed by atoms with E-state index in [0.29, 0.717) is 11.3 Å². The van der Waals surface area contributed by atoms with Crippen molar-refractivity contribution < 1.29 is 19.4 Å². The van der Waals surface area contributed by atoms with Gasteiger partial charge in [0.2, 0.25) is 0 Å². The standard InChI is InChI=1S/C20H21NO4/c1-12-7-16(8-13(2)19(12)25-11-18(22)23)20(24)21-17-9-14-5-3-4-6-15(14)10-17/h3-8,17H,9-11H2,1-2H3,(H,21,24)(H,22,23). The maximum Gasteiger partial charge on any atom is 0.341 e. The van der Waals surface area contributed by atoms with Gasteiger partial charge in [0.25, 0.3) is 5.91 Å². The van der Waals surface area contributed by atoms with Crippen LogP contribution in [0.3, 0.4) is 0 Å². The van der Waals surface area contributed by atoms with Crippen LogP contribution in [0, 0.1) is 13.8 Å². The Kier molecular flexibility index (Phi) is 4.74. The predicted octanol–water partition coefficient (Wildman–Crippen LogP) is 2.66. The fourth-order valence-corrected chi connectivity index (χ4v) is 3.37. The molecule has 130 valence electrons. The Morgan fingerprint density at radius 3 is 2.20 bits per heavy atom. The van der Waals surface area contributed by atoms with Crippen LogP contribution < -0.4 is 10.1 Å². The van der Waals surface area contributed by atoms with E-state index >= 15 is 0 Å². The van der Waals surface area contributed by atoms with Crippen molar-refractivity contribution >= 4 is 11.9 Å². The lowest BCUT2D eigenvalue weighted by Gasteiger charge is -2.15. The molecule has 0 spiro atoms. The fraction of sp³-hybridized carbons (Fsp3) is 0.300. The number of nitrogens with one attached hydrogen (secondary N) is 1. The van der Waals surface area contributed by atoms with Gasteiger partial charge in [-0.15, -0.1) is 0 Å². The average molecular weight is 339 g/mol. The molecule has 0 aromatic heterocycles. The van der Waals surface area contributed by atoms with E-state index in [0.717, 1.165) is 24.0 Å². The summed E-state index contributed by atoms with van der Waals surface area (Å²) in [7, 11) is 0. The van der Waals surface area contributed by atoms with Gasteiger partial charge in [-0.05, 0) is 61.1 Å². The number of carbonyl (C=O) groups is 2. The summed E-state index contributed by atoms with van der Waals surface area (Å²) < 4.78 is 5.31. The zero-order valence-electron chi connectivity index (χ0n) is 14.3. The minimum Gasteiger partial charge on any atom is -0.481 e. The first-order valence-corrected chi connectivity index (χ1v) is 8.27. The number of carboxylic acid groups (broad SMARTS) is 1. The molecule has 5 heteroatoms. The number of aryl methyl sites for hydroxylation is 2. The summed E-state index contributed by atoms with van der Waals surface area (Å²) in [5, 5.41) is 11.8. The van der Waals surface area contributed by atoms with E-state index in [2.05, 4.69) is 17.4 Å². The monoisotopic (exact) mass is 339 g/mol. The van der Waals surface area contributed by atoms with Crippen LogP contribution in [0.25, 0.3) is 0 Å². The molecule has 0 fully saturated rings. The molecule has 0 saturated heterocycles. The Morgan fingerprint density at radius 1 is 1.12 bits per heavy atom. The van der Waals surface area contributed by atoms with Crippen LogP contribution in [0.1, 0.15) is 32.6 Å². The maximum atomic E-state index is 12.6. The van der Waals surface area contributed by atoms with E-state index in [9.17, 15) is 9.59 Å². The molecule has 2 aromatic carbocycles. The zero-order chi connectivity index (χ0) is 18.0. The number of ether oxygens (including phenoxy) is 1. The molecule has 0 bridgehead atoms. The molecular weight excluding hydrogens is 318 g/mol. The normalized spacial score (nSPS) is 13.4. The molecule has 1 aliphatic rings. The van der Waals surface area contributed by atoms with E-state index in [-0.39, 0.29) is 11.9 Å². The molecule has 5 nitrogen and oxygen atoms in total. The highest BCUT2D eigenvalue weighted by Gasteiger charge is 2.23. The van der Waals surface area contributed by atoms with Crippen molar-refractivity contribution in [3.05, 3.63) is 64.2 Å². The largest absolute Gasteiger partial charge is 0.481 e. The number of carboxylic acids is 1. The van der Waals surface area contributed by atoms with E-state index in [1.54, 1.807) is 12.1 Å². The smallest absolute Gasteiger partial charge is 0.341 e. The lowest BCUT2D eigenvalue weighted by atomic mass is 10.0. The van der Waals surface area contributed by atoms with Crippen molar-refractivity contribution in [2.75, 3.05) is 6.61 Å². The molecular formula is C20H21NO4. The summed E-state index contributed by atoms with van der Waals surface area (Å²) in [4.78, 5) is 23.3. The minimum absolute atomic E-state index is 0.105. The average Bonchev–Trinajstić information content (AvgIpc) is 2.95. The van der Waals surface area contributed by atoms with E-state index in [1.165, 1.54) is 11.1 Å². The van der Waals surface area contributed by atoms with Crippen molar-refractivity contribution in [1.82, 2.24) is 5.32 Å². The van der Waals surface area contributed by atoms with Gasteiger partial charge in [-0.1, -0.05) is 24.3 Å². The van der Waals surface area contributed by atoms with Gasteiger partial charge in [0.05, 0.1) is 0 Å². The molecule has 1 amide bonds. The molecule has 2 aromatic rings. The fourth-order valence-electron chi connectivity index (χ4n) is 3.37. The molecule has 25 heavy (non-hydrogen) atoms. The van der Waals surface area contributed by atoms with Crippen molar-refractivity contribution in [3.63, 3.8) is 0 Å². The summed E-state index contributed by atoms with van der Waals surface area (Å²) in [6.07, 6.45) is 1.69. The number of fused-ring (bicyclic) bond motifs is 1. The Balaban J connectivity index is 1.70. The number of aliphatic carboxylic acids is 1. The van der Waals surface area contributed by atoms with Crippen LogP contribution in [0.4, 0.5) is 0 Å². The third-order valence-electron chi connectivity index (χ3n) is 4.45. The summed E-state index contributed by atoms with van der Waals surface area (Å²) in [5.41, 5.74) is 4.64. The topological polar surface area (TPSA) is 75.6 Å². The van der Waals surface area contributed by atoms with Gasteiger partial charge < -0.3 is 15.2 Å². The number of rotatable bonds is 5. The van der Waals surface area contributed by atoms with Crippen molar-refractivity contribution in [2.45, 2.75) is 32.7 Å². The first-order valence-electron chi connectivity index (χ1n) is 8.27. The highest BCUT2D eigenvalue weighted by atomic mass is 16.5. The van der Waals surface area contributed by atoms with Crippen LogP contribution in [0.2, 0.25) is 0 Å². The Labute approximate surface area is 146 Å². The van der Waals surface area contributed by atoms with Crippen molar-refractivity contribution in [3.8, 4) is 5.75 Å². The first kappa shape index (κ1) is 17.0. The predicted molar refractivity (Wildman–Crippen MR) is 94.2 cm³/mol. The Morgan fingerprint density at radius 2 is 1.68 bits per heavy atom. The molecule has 0 atom stereocenters. The lowest BCUT2D eigenvalue weighted by molar-refractivity contribution is -0.139. The Bertz CT molecular complexity index is 780. The van der Waals surface area contributed by atoms with Crippen LogP contribution in [0.15, 0.2) is 36.4 Å². The van der Waals surface area contributed by atoms with Crippen LogP contribution in [-0.2, 0) is 17.6 Å². The third kappa shape index (κ3) is 3.82. The van der Waals surface area contributed by atoms with E-state index < -0.39 is 12.6 Å². The number of hydrogen-bond acceptors (Lipinski definition) is 3. The molecule has 0 aliphatic heterocycles. The quantitative estimate of drug-likeness (QED) is 0.878. The third-order valence-corrected chi connectivity index (χ3v) is 4.45. The van der Waals surface area contributed by atoms with Gasteiger partial charge in [0.15, 0.2) is 6.61 Å². The highest BCUT2D eigenvalue weighted by molar-refractivity contribution is 5.95. The van der Waals surface area contributed by atoms with Crippen LogP contribution in [0.5, 0.6) is 5.75 Å². The van der Waals surface area contributed by atoms with Gasteiger partial charge >= 0.3 is 5.97 Å². The van der Waals surface area contributed by atoms with E-state index in [1.807, 2.05) is 26.0 Å². The molecule has 0 radical (unpaired) electrons. The van der Waals surface area contributed by atoms with Gasteiger partial charge in [0, 0.05) is 11.6 Å². The lowest BCUT2D eigenvalue weighted by Crippen LogP contribution is -2.35. The molecule has 0 unspecified atom stereocenters. The summed E-state index contributed by atoms with van der Waals surface area (Å²) in [6.45, 7) is 3.23.